The fourth-order valence-electron chi connectivity index (χ4n) is 4.30. The summed E-state index contributed by atoms with van der Waals surface area (Å²) in [4.78, 5) is 26.0. The highest BCUT2D eigenvalue weighted by molar-refractivity contribution is 7.89. The van der Waals surface area contributed by atoms with E-state index in [1.54, 1.807) is 12.1 Å². The molecular formula is C25H29N3O6S. The standard InChI is InChI=1S/C25H29N3O6S/c1-18(2)34-20-7-9-21(10-8-20)35(32,33)28-14-12-26(17-24(28)29)11-13-27-16-19(15-25(30)31)22-5-3-4-6-23(22)27/h3-10,16,18H,11-15,17H2,1-2H3,(H,30,31). The molecular weight excluding hydrogens is 470 g/mol. The van der Waals surface area contributed by atoms with E-state index < -0.39 is 21.9 Å². The van der Waals surface area contributed by atoms with Gasteiger partial charge in [0, 0.05) is 36.7 Å². The topological polar surface area (TPSA) is 109 Å². The van der Waals surface area contributed by atoms with E-state index >= 15 is 0 Å². The summed E-state index contributed by atoms with van der Waals surface area (Å²) in [7, 11) is -3.94. The maximum atomic E-state index is 13.0. The highest BCUT2D eigenvalue weighted by atomic mass is 32.2. The number of nitrogens with zero attached hydrogens (tertiary/aromatic N) is 3. The first-order valence-corrected chi connectivity index (χ1v) is 12.9. The molecule has 2 heterocycles. The zero-order chi connectivity index (χ0) is 25.2. The molecule has 0 radical (unpaired) electrons. The normalized spacial score (nSPS) is 15.2. The molecule has 1 aromatic heterocycles. The van der Waals surface area contributed by atoms with E-state index in [1.165, 1.54) is 12.1 Å². The fraction of sp³-hybridized carbons (Fsp3) is 0.360. The number of hydrogen-bond acceptors (Lipinski definition) is 6. The number of fused-ring (bicyclic) bond motifs is 1. The molecule has 0 spiro atoms. The molecule has 1 N–H and O–H groups in total. The molecule has 35 heavy (non-hydrogen) atoms. The van der Waals surface area contributed by atoms with Gasteiger partial charge in [-0.1, -0.05) is 18.2 Å². The minimum Gasteiger partial charge on any atom is -0.491 e. The first-order chi connectivity index (χ1) is 16.6. The number of rotatable bonds is 9. The summed E-state index contributed by atoms with van der Waals surface area (Å²) in [6, 6.07) is 13.7. The number of amides is 1. The number of ether oxygens (including phenoxy) is 1. The monoisotopic (exact) mass is 499 g/mol. The lowest BCUT2D eigenvalue weighted by Gasteiger charge is -2.33. The third-order valence-corrected chi connectivity index (χ3v) is 7.74. The molecule has 1 aliphatic heterocycles. The number of carbonyl (C=O) groups excluding carboxylic acids is 1. The summed E-state index contributed by atoms with van der Waals surface area (Å²) in [6.07, 6.45) is 1.75. The molecule has 0 unspecified atom stereocenters. The van der Waals surface area contributed by atoms with Crippen molar-refractivity contribution in [2.24, 2.45) is 0 Å². The minimum absolute atomic E-state index is 0.00500. The van der Waals surface area contributed by atoms with Crippen molar-refractivity contribution in [3.8, 4) is 5.75 Å². The van der Waals surface area contributed by atoms with E-state index in [1.807, 2.05) is 53.8 Å². The number of aromatic nitrogens is 1. The Kier molecular flexibility index (Phi) is 7.13. The van der Waals surface area contributed by atoms with Crippen LogP contribution in [0.3, 0.4) is 0 Å². The van der Waals surface area contributed by atoms with Crippen LogP contribution in [0, 0.1) is 0 Å². The zero-order valence-corrected chi connectivity index (χ0v) is 20.6. The van der Waals surface area contributed by atoms with Crippen molar-refractivity contribution in [3.63, 3.8) is 0 Å². The molecule has 0 bridgehead atoms. The quantitative estimate of drug-likeness (QED) is 0.482. The van der Waals surface area contributed by atoms with Gasteiger partial charge in [0.15, 0.2) is 0 Å². The van der Waals surface area contributed by atoms with Crippen LogP contribution in [0.2, 0.25) is 0 Å². The second kappa shape index (κ2) is 10.1. The Bertz CT molecular complexity index is 1330. The number of hydrogen-bond donors (Lipinski definition) is 1. The van der Waals surface area contributed by atoms with Gasteiger partial charge < -0.3 is 14.4 Å². The van der Waals surface area contributed by atoms with Crippen LogP contribution in [0.5, 0.6) is 5.75 Å². The number of carboxylic acid groups (broad SMARTS) is 1. The lowest BCUT2D eigenvalue weighted by atomic mass is 10.1. The Balaban J connectivity index is 1.41. The van der Waals surface area contributed by atoms with Gasteiger partial charge >= 0.3 is 5.97 Å². The van der Waals surface area contributed by atoms with Crippen molar-refractivity contribution < 1.29 is 27.9 Å². The number of carboxylic acids is 1. The highest BCUT2D eigenvalue weighted by Crippen LogP contribution is 2.24. The molecule has 3 aromatic rings. The first-order valence-electron chi connectivity index (χ1n) is 11.5. The number of sulfonamides is 1. The van der Waals surface area contributed by atoms with Crippen LogP contribution >= 0.6 is 0 Å². The fourth-order valence-corrected chi connectivity index (χ4v) is 5.68. The Labute approximate surface area is 204 Å². The van der Waals surface area contributed by atoms with E-state index in [0.29, 0.717) is 25.4 Å². The molecule has 1 aliphatic rings. The summed E-state index contributed by atoms with van der Waals surface area (Å²) in [5, 5.41) is 10.1. The Morgan fingerprint density at radius 2 is 1.77 bits per heavy atom. The van der Waals surface area contributed by atoms with Gasteiger partial charge in [-0.2, -0.15) is 0 Å². The molecule has 1 amide bonds. The number of piperazine rings is 1. The molecule has 4 rings (SSSR count). The molecule has 1 saturated heterocycles. The lowest BCUT2D eigenvalue weighted by Crippen LogP contribution is -2.52. The smallest absolute Gasteiger partial charge is 0.307 e. The van der Waals surface area contributed by atoms with E-state index in [-0.39, 0.29) is 30.5 Å². The van der Waals surface area contributed by atoms with Crippen LogP contribution in [0.4, 0.5) is 0 Å². The van der Waals surface area contributed by atoms with Crippen molar-refractivity contribution in [1.29, 1.82) is 0 Å². The van der Waals surface area contributed by atoms with Crippen LogP contribution in [0.25, 0.3) is 10.9 Å². The maximum Gasteiger partial charge on any atom is 0.307 e. The van der Waals surface area contributed by atoms with Gasteiger partial charge in [0.2, 0.25) is 0 Å². The van der Waals surface area contributed by atoms with Crippen molar-refractivity contribution >= 4 is 32.8 Å². The summed E-state index contributed by atoms with van der Waals surface area (Å²) < 4.78 is 34.6. The Hall–Kier alpha value is -3.37. The van der Waals surface area contributed by atoms with Crippen molar-refractivity contribution in [2.45, 2.75) is 37.8 Å². The summed E-state index contributed by atoms with van der Waals surface area (Å²) >= 11 is 0. The number of aliphatic carboxylic acids is 1. The van der Waals surface area contributed by atoms with E-state index in [0.717, 1.165) is 20.8 Å². The predicted molar refractivity (Wildman–Crippen MR) is 131 cm³/mol. The molecule has 1 fully saturated rings. The minimum atomic E-state index is -3.94. The van der Waals surface area contributed by atoms with Gasteiger partial charge in [-0.15, -0.1) is 0 Å². The van der Waals surface area contributed by atoms with Gasteiger partial charge in [-0.05, 0) is 49.7 Å². The molecule has 0 saturated carbocycles. The average molecular weight is 500 g/mol. The van der Waals surface area contributed by atoms with Crippen LogP contribution < -0.4 is 4.74 Å². The third-order valence-electron chi connectivity index (χ3n) is 5.91. The maximum absolute atomic E-state index is 13.0. The SMILES string of the molecule is CC(C)Oc1ccc(S(=O)(=O)N2CCN(CCn3cc(CC(=O)O)c4ccccc43)CC2=O)cc1. The van der Waals surface area contributed by atoms with Crippen LogP contribution in [0.15, 0.2) is 59.6 Å². The second-order valence-corrected chi connectivity index (χ2v) is 10.7. The third kappa shape index (κ3) is 5.49. The zero-order valence-electron chi connectivity index (χ0n) is 19.8. The van der Waals surface area contributed by atoms with Crippen LogP contribution in [-0.4, -0.2) is 71.5 Å². The lowest BCUT2D eigenvalue weighted by molar-refractivity contribution is -0.136. The second-order valence-electron chi connectivity index (χ2n) is 8.82. The first kappa shape index (κ1) is 24.7. The summed E-state index contributed by atoms with van der Waals surface area (Å²) in [6.45, 7) is 5.34. The Morgan fingerprint density at radius 1 is 1.06 bits per heavy atom. The summed E-state index contributed by atoms with van der Waals surface area (Å²) in [5.41, 5.74) is 1.67. The van der Waals surface area contributed by atoms with Crippen LogP contribution in [-0.2, 0) is 32.6 Å². The van der Waals surface area contributed by atoms with Gasteiger partial charge in [0.05, 0.1) is 30.5 Å². The van der Waals surface area contributed by atoms with Gasteiger partial charge in [0.25, 0.3) is 15.9 Å². The van der Waals surface area contributed by atoms with Crippen molar-refractivity contribution in [1.82, 2.24) is 13.8 Å². The molecule has 186 valence electrons. The van der Waals surface area contributed by atoms with E-state index in [9.17, 15) is 23.1 Å². The largest absolute Gasteiger partial charge is 0.491 e. The molecule has 9 nitrogen and oxygen atoms in total. The molecule has 0 aliphatic carbocycles. The van der Waals surface area contributed by atoms with Gasteiger partial charge in [-0.25, -0.2) is 12.7 Å². The predicted octanol–water partition coefficient (Wildman–Crippen LogP) is 2.59. The average Bonchev–Trinajstić information content (AvgIpc) is 3.14. The Morgan fingerprint density at radius 3 is 2.43 bits per heavy atom. The van der Waals surface area contributed by atoms with E-state index in [4.69, 9.17) is 4.74 Å². The van der Waals surface area contributed by atoms with Gasteiger partial charge in [0.1, 0.15) is 5.75 Å². The molecule has 0 atom stereocenters. The molecule has 2 aromatic carbocycles. The number of carbonyl (C=O) groups is 2. The molecule has 10 heteroatoms. The van der Waals surface area contributed by atoms with Crippen molar-refractivity contribution in [2.75, 3.05) is 26.2 Å². The van der Waals surface area contributed by atoms with E-state index in [2.05, 4.69) is 0 Å². The summed E-state index contributed by atoms with van der Waals surface area (Å²) in [5.74, 6) is -0.792. The van der Waals surface area contributed by atoms with Gasteiger partial charge in [-0.3, -0.25) is 14.5 Å². The number of para-hydroxylation sites is 1. The number of benzene rings is 2. The highest BCUT2D eigenvalue weighted by Gasteiger charge is 2.34. The van der Waals surface area contributed by atoms with Crippen LogP contribution in [0.1, 0.15) is 19.4 Å². The van der Waals surface area contributed by atoms with Crippen molar-refractivity contribution in [3.05, 3.63) is 60.3 Å².